The van der Waals surface area contributed by atoms with Gasteiger partial charge in [-0.05, 0) is 25.7 Å². The van der Waals surface area contributed by atoms with Gasteiger partial charge in [-0.25, -0.2) is 0 Å². The zero-order chi connectivity index (χ0) is 12.2. The van der Waals surface area contributed by atoms with Crippen LogP contribution in [0.1, 0.15) is 38.5 Å². The van der Waals surface area contributed by atoms with E-state index in [1.54, 1.807) is 0 Å². The van der Waals surface area contributed by atoms with E-state index in [1.165, 1.54) is 12.8 Å². The molecule has 1 aliphatic rings. The van der Waals surface area contributed by atoms with Crippen molar-refractivity contribution in [3.05, 3.63) is 0 Å². The summed E-state index contributed by atoms with van der Waals surface area (Å²) in [6, 6.07) is 1.96. The summed E-state index contributed by atoms with van der Waals surface area (Å²) in [6.07, 6.45) is 7.12. The zero-order valence-corrected chi connectivity index (χ0v) is 10.5. The second-order valence-electron chi connectivity index (χ2n) is 4.33. The van der Waals surface area contributed by atoms with Crippen LogP contribution in [0.25, 0.3) is 0 Å². The molecule has 1 rings (SSSR count). The van der Waals surface area contributed by atoms with Crippen molar-refractivity contribution < 1.29 is 14.2 Å². The third kappa shape index (κ3) is 8.14. The largest absolute Gasteiger partial charge is 0.379 e. The monoisotopic (exact) mass is 241 g/mol. The van der Waals surface area contributed by atoms with Crippen LogP contribution in [0, 0.1) is 11.3 Å². The molecule has 98 valence electrons. The second-order valence-corrected chi connectivity index (χ2v) is 4.33. The van der Waals surface area contributed by atoms with Gasteiger partial charge in [0.25, 0.3) is 0 Å². The summed E-state index contributed by atoms with van der Waals surface area (Å²) in [5, 5.41) is 8.25. The Labute approximate surface area is 104 Å². The van der Waals surface area contributed by atoms with Gasteiger partial charge in [-0.15, -0.1) is 0 Å². The maximum atomic E-state index is 8.25. The fraction of sp³-hybridized carbons (Fsp3) is 0.923. The van der Waals surface area contributed by atoms with Crippen molar-refractivity contribution in [1.82, 2.24) is 0 Å². The van der Waals surface area contributed by atoms with E-state index < -0.39 is 0 Å². The van der Waals surface area contributed by atoms with E-state index in [9.17, 15) is 0 Å². The minimum Gasteiger partial charge on any atom is -0.379 e. The van der Waals surface area contributed by atoms with Crippen LogP contribution in [-0.2, 0) is 14.2 Å². The van der Waals surface area contributed by atoms with Crippen LogP contribution in [-0.4, -0.2) is 39.1 Å². The maximum Gasteiger partial charge on any atom is 0.133 e. The SMILES string of the molecule is N#CCOCCCCCCOCC1CCCO1. The maximum absolute atomic E-state index is 8.25. The van der Waals surface area contributed by atoms with Crippen LogP contribution >= 0.6 is 0 Å². The Balaban J connectivity index is 1.71. The Hall–Kier alpha value is -0.630. The lowest BCUT2D eigenvalue weighted by Crippen LogP contribution is -2.14. The van der Waals surface area contributed by atoms with E-state index in [0.717, 1.165) is 45.5 Å². The Morgan fingerprint density at radius 1 is 1.12 bits per heavy atom. The number of nitrogens with zero attached hydrogens (tertiary/aromatic N) is 1. The van der Waals surface area contributed by atoms with Gasteiger partial charge in [0.05, 0.1) is 18.8 Å². The predicted molar refractivity (Wildman–Crippen MR) is 64.7 cm³/mol. The van der Waals surface area contributed by atoms with Crippen molar-refractivity contribution in [2.75, 3.05) is 33.0 Å². The molecule has 0 aromatic rings. The van der Waals surface area contributed by atoms with Crippen molar-refractivity contribution in [2.45, 2.75) is 44.6 Å². The molecular weight excluding hydrogens is 218 g/mol. The van der Waals surface area contributed by atoms with Crippen molar-refractivity contribution in [2.24, 2.45) is 0 Å². The Bertz CT molecular complexity index is 209. The molecule has 0 N–H and O–H groups in total. The minimum atomic E-state index is 0.213. The Kier molecular flexibility index (Phi) is 8.93. The van der Waals surface area contributed by atoms with Gasteiger partial charge in [0.2, 0.25) is 0 Å². The fourth-order valence-electron chi connectivity index (χ4n) is 1.87. The Morgan fingerprint density at radius 2 is 1.88 bits per heavy atom. The molecule has 0 radical (unpaired) electrons. The number of nitriles is 1. The average molecular weight is 241 g/mol. The molecule has 0 bridgehead atoms. The van der Waals surface area contributed by atoms with Crippen molar-refractivity contribution in [1.29, 1.82) is 5.26 Å². The summed E-state index contributed by atoms with van der Waals surface area (Å²) in [7, 11) is 0. The van der Waals surface area contributed by atoms with Crippen molar-refractivity contribution in [3.8, 4) is 6.07 Å². The summed E-state index contributed by atoms with van der Waals surface area (Å²) in [5.41, 5.74) is 0. The third-order valence-electron chi connectivity index (χ3n) is 2.82. The predicted octanol–water partition coefficient (Wildman–Crippen LogP) is 2.28. The summed E-state index contributed by atoms with van der Waals surface area (Å²) in [5.74, 6) is 0. The first-order valence-electron chi connectivity index (χ1n) is 6.57. The number of hydrogen-bond acceptors (Lipinski definition) is 4. The summed E-state index contributed by atoms with van der Waals surface area (Å²) >= 11 is 0. The van der Waals surface area contributed by atoms with E-state index in [4.69, 9.17) is 19.5 Å². The average Bonchev–Trinajstić information content (AvgIpc) is 2.85. The van der Waals surface area contributed by atoms with E-state index in [-0.39, 0.29) is 6.61 Å². The van der Waals surface area contributed by atoms with Gasteiger partial charge in [-0.3, -0.25) is 0 Å². The molecule has 1 saturated heterocycles. The first-order valence-corrected chi connectivity index (χ1v) is 6.57. The quantitative estimate of drug-likeness (QED) is 0.551. The second kappa shape index (κ2) is 10.5. The molecule has 0 aromatic heterocycles. The highest BCUT2D eigenvalue weighted by atomic mass is 16.5. The number of hydrogen-bond donors (Lipinski definition) is 0. The summed E-state index contributed by atoms with van der Waals surface area (Å²) < 4.78 is 16.1. The van der Waals surface area contributed by atoms with Crippen LogP contribution in [0.5, 0.6) is 0 Å². The first kappa shape index (κ1) is 14.4. The van der Waals surface area contributed by atoms with Gasteiger partial charge in [-0.2, -0.15) is 5.26 Å². The van der Waals surface area contributed by atoms with Gasteiger partial charge < -0.3 is 14.2 Å². The van der Waals surface area contributed by atoms with Crippen molar-refractivity contribution in [3.63, 3.8) is 0 Å². The molecular formula is C13H23NO3. The zero-order valence-electron chi connectivity index (χ0n) is 10.5. The van der Waals surface area contributed by atoms with Crippen LogP contribution in [0.2, 0.25) is 0 Å². The molecule has 1 aliphatic heterocycles. The van der Waals surface area contributed by atoms with E-state index in [0.29, 0.717) is 12.7 Å². The molecule has 0 aliphatic carbocycles. The highest BCUT2D eigenvalue weighted by Gasteiger charge is 2.14. The van der Waals surface area contributed by atoms with E-state index in [2.05, 4.69) is 0 Å². The summed E-state index contributed by atoms with van der Waals surface area (Å²) in [6.45, 7) is 3.40. The van der Waals surface area contributed by atoms with Crippen molar-refractivity contribution >= 4 is 0 Å². The molecule has 1 unspecified atom stereocenters. The third-order valence-corrected chi connectivity index (χ3v) is 2.82. The number of ether oxygens (including phenoxy) is 3. The molecule has 1 atom stereocenters. The molecule has 0 aromatic carbocycles. The lowest BCUT2D eigenvalue weighted by Gasteiger charge is -2.09. The number of rotatable bonds is 10. The van der Waals surface area contributed by atoms with E-state index in [1.807, 2.05) is 6.07 Å². The van der Waals surface area contributed by atoms with Crippen LogP contribution in [0.15, 0.2) is 0 Å². The molecule has 4 nitrogen and oxygen atoms in total. The molecule has 0 spiro atoms. The van der Waals surface area contributed by atoms with Gasteiger partial charge in [0.15, 0.2) is 0 Å². The highest BCUT2D eigenvalue weighted by Crippen LogP contribution is 2.12. The van der Waals surface area contributed by atoms with E-state index >= 15 is 0 Å². The summed E-state index contributed by atoms with van der Waals surface area (Å²) in [4.78, 5) is 0. The standard InChI is InChI=1S/C13H23NO3/c14-7-11-15-8-3-1-2-4-9-16-12-13-6-5-10-17-13/h13H,1-6,8-12H2. The lowest BCUT2D eigenvalue weighted by molar-refractivity contribution is 0.0160. The van der Waals surface area contributed by atoms with Gasteiger partial charge in [0.1, 0.15) is 6.61 Å². The molecule has 1 heterocycles. The van der Waals surface area contributed by atoms with Crippen LogP contribution in [0.4, 0.5) is 0 Å². The van der Waals surface area contributed by atoms with Crippen LogP contribution in [0.3, 0.4) is 0 Å². The molecule has 1 fully saturated rings. The van der Waals surface area contributed by atoms with Crippen LogP contribution < -0.4 is 0 Å². The minimum absolute atomic E-state index is 0.213. The Morgan fingerprint density at radius 3 is 2.53 bits per heavy atom. The van der Waals surface area contributed by atoms with Gasteiger partial charge >= 0.3 is 0 Å². The molecule has 17 heavy (non-hydrogen) atoms. The first-order chi connectivity index (χ1) is 8.43. The molecule has 0 amide bonds. The number of unbranched alkanes of at least 4 members (excludes halogenated alkanes) is 3. The normalized spacial score (nSPS) is 19.4. The fourth-order valence-corrected chi connectivity index (χ4v) is 1.87. The topological polar surface area (TPSA) is 51.5 Å². The smallest absolute Gasteiger partial charge is 0.133 e. The molecule has 0 saturated carbocycles. The lowest BCUT2D eigenvalue weighted by atomic mass is 10.2. The highest BCUT2D eigenvalue weighted by molar-refractivity contribution is 4.66. The van der Waals surface area contributed by atoms with Gasteiger partial charge in [0, 0.05) is 19.8 Å². The van der Waals surface area contributed by atoms with Gasteiger partial charge in [-0.1, -0.05) is 12.8 Å². The molecule has 4 heteroatoms.